The third-order valence-corrected chi connectivity index (χ3v) is 4.74. The van der Waals surface area contributed by atoms with Gasteiger partial charge in [-0.1, -0.05) is 18.2 Å². The van der Waals surface area contributed by atoms with Crippen molar-refractivity contribution in [1.29, 1.82) is 0 Å². The van der Waals surface area contributed by atoms with Crippen molar-refractivity contribution in [1.82, 2.24) is 9.88 Å². The number of hydrogen-bond donors (Lipinski definition) is 1. The number of carboxylic acid groups (broad SMARTS) is 1. The van der Waals surface area contributed by atoms with Crippen LogP contribution in [-0.4, -0.2) is 53.6 Å². The number of halogens is 1. The Morgan fingerprint density at radius 2 is 1.75 bits per heavy atom. The Bertz CT molecular complexity index is 1030. The summed E-state index contributed by atoms with van der Waals surface area (Å²) in [7, 11) is 1.93. The van der Waals surface area contributed by atoms with Gasteiger partial charge in [-0.15, -0.1) is 0 Å². The summed E-state index contributed by atoms with van der Waals surface area (Å²) in [6, 6.07) is 17.8. The van der Waals surface area contributed by atoms with Gasteiger partial charge in [-0.2, -0.15) is 0 Å². The fraction of sp³-hybridized carbons (Fsp3) is 0.208. The number of rotatable bonds is 10. The van der Waals surface area contributed by atoms with Gasteiger partial charge in [-0.25, -0.2) is 9.37 Å². The number of anilines is 1. The number of benzene rings is 2. The van der Waals surface area contributed by atoms with Crippen molar-refractivity contribution in [3.8, 4) is 5.75 Å². The molecule has 0 spiro atoms. The van der Waals surface area contributed by atoms with Gasteiger partial charge in [-0.3, -0.25) is 9.59 Å². The summed E-state index contributed by atoms with van der Waals surface area (Å²) in [6.45, 7) is 0.747. The van der Waals surface area contributed by atoms with Crippen LogP contribution in [0.15, 0.2) is 72.9 Å². The van der Waals surface area contributed by atoms with E-state index in [0.717, 1.165) is 11.4 Å². The second-order valence-corrected chi connectivity index (χ2v) is 7.16. The molecule has 8 heteroatoms. The Hall–Kier alpha value is -3.94. The summed E-state index contributed by atoms with van der Waals surface area (Å²) in [4.78, 5) is 31.4. The highest BCUT2D eigenvalue weighted by Gasteiger charge is 2.19. The smallest absolute Gasteiger partial charge is 0.323 e. The topological polar surface area (TPSA) is 83.0 Å². The lowest BCUT2D eigenvalue weighted by Crippen LogP contribution is -2.35. The van der Waals surface area contributed by atoms with Crippen molar-refractivity contribution in [2.24, 2.45) is 0 Å². The van der Waals surface area contributed by atoms with Crippen molar-refractivity contribution >= 4 is 17.7 Å². The molecule has 166 valence electrons. The van der Waals surface area contributed by atoms with E-state index in [-0.39, 0.29) is 12.1 Å². The van der Waals surface area contributed by atoms with Crippen LogP contribution in [-0.2, 0) is 11.3 Å². The van der Waals surface area contributed by atoms with Gasteiger partial charge < -0.3 is 19.6 Å². The first-order valence-electron chi connectivity index (χ1n) is 10.0. The average Bonchev–Trinajstić information content (AvgIpc) is 2.80. The maximum absolute atomic E-state index is 13.1. The second kappa shape index (κ2) is 10.9. The third-order valence-electron chi connectivity index (χ3n) is 4.74. The van der Waals surface area contributed by atoms with Crippen molar-refractivity contribution in [2.75, 3.05) is 31.6 Å². The Kier molecular flexibility index (Phi) is 7.75. The van der Waals surface area contributed by atoms with Crippen LogP contribution in [0.1, 0.15) is 15.9 Å². The molecule has 0 radical (unpaired) electrons. The summed E-state index contributed by atoms with van der Waals surface area (Å²) >= 11 is 0. The molecule has 0 atom stereocenters. The van der Waals surface area contributed by atoms with Crippen LogP contribution < -0.4 is 9.64 Å². The van der Waals surface area contributed by atoms with E-state index >= 15 is 0 Å². The van der Waals surface area contributed by atoms with E-state index in [2.05, 4.69) is 4.98 Å². The zero-order valence-electron chi connectivity index (χ0n) is 17.6. The molecule has 2 aromatic carbocycles. The van der Waals surface area contributed by atoms with Gasteiger partial charge in [0.05, 0.1) is 6.54 Å². The molecule has 3 rings (SSSR count). The molecular formula is C24H24FN3O4. The number of amides is 1. The van der Waals surface area contributed by atoms with Crippen molar-refractivity contribution in [3.63, 3.8) is 0 Å². The van der Waals surface area contributed by atoms with E-state index < -0.39 is 24.2 Å². The van der Waals surface area contributed by atoms with Gasteiger partial charge in [0.1, 0.15) is 30.5 Å². The maximum Gasteiger partial charge on any atom is 0.323 e. The molecule has 7 nitrogen and oxygen atoms in total. The molecule has 1 amide bonds. The van der Waals surface area contributed by atoms with Gasteiger partial charge in [0.25, 0.3) is 5.91 Å². The molecule has 0 aliphatic heterocycles. The van der Waals surface area contributed by atoms with E-state index in [1.54, 1.807) is 30.5 Å². The molecule has 0 saturated heterocycles. The minimum Gasteiger partial charge on any atom is -0.492 e. The lowest BCUT2D eigenvalue weighted by molar-refractivity contribution is -0.137. The molecule has 0 fully saturated rings. The van der Waals surface area contributed by atoms with E-state index in [0.29, 0.717) is 18.9 Å². The van der Waals surface area contributed by atoms with Gasteiger partial charge in [0.2, 0.25) is 0 Å². The Morgan fingerprint density at radius 1 is 1.03 bits per heavy atom. The van der Waals surface area contributed by atoms with E-state index in [9.17, 15) is 19.1 Å². The molecule has 1 N–H and O–H groups in total. The molecule has 32 heavy (non-hydrogen) atoms. The summed E-state index contributed by atoms with van der Waals surface area (Å²) in [5, 5.41) is 9.19. The number of carboxylic acids is 1. The average molecular weight is 437 g/mol. The van der Waals surface area contributed by atoms with Gasteiger partial charge >= 0.3 is 5.97 Å². The first-order chi connectivity index (χ1) is 15.4. The predicted octanol–water partition coefficient (Wildman–Crippen LogP) is 3.46. The predicted molar refractivity (Wildman–Crippen MR) is 118 cm³/mol. The molecule has 0 unspecified atom stereocenters. The Morgan fingerprint density at radius 3 is 2.38 bits per heavy atom. The largest absolute Gasteiger partial charge is 0.492 e. The summed E-state index contributed by atoms with van der Waals surface area (Å²) < 4.78 is 18.9. The van der Waals surface area contributed by atoms with Crippen molar-refractivity contribution in [3.05, 3.63) is 89.9 Å². The number of carbonyl (C=O) groups is 2. The van der Waals surface area contributed by atoms with Gasteiger partial charge in [0.15, 0.2) is 0 Å². The quantitative estimate of drug-likeness (QED) is 0.523. The molecule has 0 aliphatic rings. The standard InChI is InChI=1S/C24H24FN3O4/c1-27(22-4-2-3-13-26-22)14-15-32-21-11-5-18(6-12-21)16-28(17-23(29)30)24(31)19-7-9-20(25)10-8-19/h2-13H,14-17H2,1H3,(H,29,30). The number of pyridine rings is 1. The minimum atomic E-state index is -1.13. The number of carbonyl (C=O) groups excluding carboxylic acids is 1. The highest BCUT2D eigenvalue weighted by Crippen LogP contribution is 2.16. The fourth-order valence-corrected chi connectivity index (χ4v) is 3.04. The number of aromatic nitrogens is 1. The zero-order valence-corrected chi connectivity index (χ0v) is 17.6. The third kappa shape index (κ3) is 6.53. The van der Waals surface area contributed by atoms with Crippen LogP contribution in [0.3, 0.4) is 0 Å². The normalized spacial score (nSPS) is 10.4. The van der Waals surface area contributed by atoms with E-state index in [1.165, 1.54) is 29.2 Å². The number of aliphatic carboxylic acids is 1. The Balaban J connectivity index is 1.57. The van der Waals surface area contributed by atoms with Crippen LogP contribution in [0.5, 0.6) is 5.75 Å². The lowest BCUT2D eigenvalue weighted by Gasteiger charge is -2.21. The van der Waals surface area contributed by atoms with Crippen LogP contribution in [0.2, 0.25) is 0 Å². The SMILES string of the molecule is CN(CCOc1ccc(CN(CC(=O)O)C(=O)c2ccc(F)cc2)cc1)c1ccccn1. The van der Waals surface area contributed by atoms with E-state index in [4.69, 9.17) is 4.74 Å². The van der Waals surface area contributed by atoms with Gasteiger partial charge in [-0.05, 0) is 54.1 Å². The molecule has 3 aromatic rings. The summed E-state index contributed by atoms with van der Waals surface area (Å²) in [6.07, 6.45) is 1.74. The fourth-order valence-electron chi connectivity index (χ4n) is 3.04. The zero-order chi connectivity index (χ0) is 22.9. The van der Waals surface area contributed by atoms with Gasteiger partial charge in [0, 0.05) is 25.4 Å². The highest BCUT2D eigenvalue weighted by molar-refractivity contribution is 5.95. The number of nitrogens with zero attached hydrogens (tertiary/aromatic N) is 3. The number of ether oxygens (including phenoxy) is 1. The number of likely N-dealkylation sites (N-methyl/N-ethyl adjacent to an activating group) is 1. The van der Waals surface area contributed by atoms with Crippen LogP contribution in [0.25, 0.3) is 0 Å². The van der Waals surface area contributed by atoms with Crippen molar-refractivity contribution in [2.45, 2.75) is 6.54 Å². The molecule has 0 bridgehead atoms. The van der Waals surface area contributed by atoms with E-state index in [1.807, 2.05) is 30.1 Å². The molecule has 1 heterocycles. The van der Waals surface area contributed by atoms with Crippen LogP contribution in [0, 0.1) is 5.82 Å². The summed E-state index contributed by atoms with van der Waals surface area (Å²) in [5.74, 6) is -0.551. The summed E-state index contributed by atoms with van der Waals surface area (Å²) in [5.41, 5.74) is 0.976. The maximum atomic E-state index is 13.1. The lowest BCUT2D eigenvalue weighted by atomic mass is 10.1. The minimum absolute atomic E-state index is 0.102. The molecule has 1 aromatic heterocycles. The Labute approximate surface area is 185 Å². The monoisotopic (exact) mass is 437 g/mol. The second-order valence-electron chi connectivity index (χ2n) is 7.16. The number of hydrogen-bond acceptors (Lipinski definition) is 5. The van der Waals surface area contributed by atoms with Crippen molar-refractivity contribution < 1.29 is 23.8 Å². The molecule has 0 saturated carbocycles. The molecule has 0 aliphatic carbocycles. The first kappa shape index (κ1) is 22.7. The highest BCUT2D eigenvalue weighted by atomic mass is 19.1. The first-order valence-corrected chi connectivity index (χ1v) is 10.0. The van der Waals surface area contributed by atoms with Crippen LogP contribution in [0.4, 0.5) is 10.2 Å². The van der Waals surface area contributed by atoms with Crippen LogP contribution >= 0.6 is 0 Å². The molecular weight excluding hydrogens is 413 g/mol.